The van der Waals surface area contributed by atoms with E-state index in [1.807, 2.05) is 0 Å². The van der Waals surface area contributed by atoms with Crippen molar-refractivity contribution in [3.8, 4) is 17.2 Å². The molecule has 0 aliphatic rings. The maximum Gasteiger partial charge on any atom is 0.314 e. The van der Waals surface area contributed by atoms with Gasteiger partial charge in [0.1, 0.15) is 11.5 Å². The van der Waals surface area contributed by atoms with E-state index < -0.39 is 21.3 Å². The molecule has 0 radical (unpaired) electrons. The van der Waals surface area contributed by atoms with Crippen LogP contribution < -0.4 is 4.74 Å². The van der Waals surface area contributed by atoms with Crippen molar-refractivity contribution >= 4 is 11.4 Å². The van der Waals surface area contributed by atoms with Gasteiger partial charge in [-0.25, -0.2) is 0 Å². The third kappa shape index (κ3) is 2.80. The lowest BCUT2D eigenvalue weighted by molar-refractivity contribution is -0.386. The normalized spacial score (nSPS) is 10.0. The quantitative estimate of drug-likeness (QED) is 0.677. The van der Waals surface area contributed by atoms with Crippen LogP contribution in [0.25, 0.3) is 0 Å². The minimum absolute atomic E-state index is 0.0889. The standard InChI is InChI=1S/C12H8N2O6/c15-12-6-5-10(7-11(12)14(18)19)20-9-3-1-8(2-4-9)13(16)17/h1-7,15H. The second-order valence-corrected chi connectivity index (χ2v) is 3.76. The first-order valence-electron chi connectivity index (χ1n) is 5.37. The van der Waals surface area contributed by atoms with E-state index >= 15 is 0 Å². The summed E-state index contributed by atoms with van der Waals surface area (Å²) in [5.41, 5.74) is -0.571. The van der Waals surface area contributed by atoms with Gasteiger partial charge in [-0.1, -0.05) is 0 Å². The highest BCUT2D eigenvalue weighted by Crippen LogP contribution is 2.32. The highest BCUT2D eigenvalue weighted by molar-refractivity contribution is 5.51. The van der Waals surface area contributed by atoms with E-state index in [1.54, 1.807) is 0 Å². The van der Waals surface area contributed by atoms with Gasteiger partial charge in [-0.05, 0) is 24.3 Å². The fourth-order valence-electron chi connectivity index (χ4n) is 1.48. The molecule has 0 spiro atoms. The van der Waals surface area contributed by atoms with Crippen LogP contribution in [-0.4, -0.2) is 15.0 Å². The summed E-state index contributed by atoms with van der Waals surface area (Å²) in [4.78, 5) is 19.9. The summed E-state index contributed by atoms with van der Waals surface area (Å²) in [6.45, 7) is 0. The second kappa shape index (κ2) is 5.22. The predicted octanol–water partition coefficient (Wildman–Crippen LogP) is 3.00. The number of hydrogen-bond donors (Lipinski definition) is 1. The molecular formula is C12H8N2O6. The number of phenols is 1. The van der Waals surface area contributed by atoms with Gasteiger partial charge in [0.15, 0.2) is 5.75 Å². The van der Waals surface area contributed by atoms with E-state index in [0.29, 0.717) is 0 Å². The molecular weight excluding hydrogens is 268 g/mol. The van der Waals surface area contributed by atoms with E-state index in [1.165, 1.54) is 30.3 Å². The maximum atomic E-state index is 10.7. The van der Waals surface area contributed by atoms with Crippen LogP contribution in [0.3, 0.4) is 0 Å². The summed E-state index contributed by atoms with van der Waals surface area (Å²) in [5, 5.41) is 30.4. The van der Waals surface area contributed by atoms with Crippen LogP contribution in [0.4, 0.5) is 11.4 Å². The van der Waals surface area contributed by atoms with Crippen LogP contribution in [0.2, 0.25) is 0 Å². The SMILES string of the molecule is O=[N+]([O-])c1ccc(Oc2ccc(O)c([N+](=O)[O-])c2)cc1. The number of hydrogen-bond acceptors (Lipinski definition) is 6. The second-order valence-electron chi connectivity index (χ2n) is 3.76. The molecule has 0 bridgehead atoms. The van der Waals surface area contributed by atoms with Crippen molar-refractivity contribution in [2.75, 3.05) is 0 Å². The van der Waals surface area contributed by atoms with Gasteiger partial charge in [0, 0.05) is 12.1 Å². The Labute approximate surface area is 112 Å². The molecule has 8 nitrogen and oxygen atoms in total. The topological polar surface area (TPSA) is 116 Å². The van der Waals surface area contributed by atoms with Crippen LogP contribution in [-0.2, 0) is 0 Å². The van der Waals surface area contributed by atoms with Crippen molar-refractivity contribution in [2.24, 2.45) is 0 Å². The minimum Gasteiger partial charge on any atom is -0.502 e. The number of nitro groups is 2. The number of phenolic OH excluding ortho intramolecular Hbond substituents is 1. The van der Waals surface area contributed by atoms with Crippen LogP contribution in [0.1, 0.15) is 0 Å². The Hall–Kier alpha value is -3.16. The highest BCUT2D eigenvalue weighted by atomic mass is 16.6. The number of nitrogens with zero attached hydrogens (tertiary/aromatic N) is 2. The number of benzene rings is 2. The van der Waals surface area contributed by atoms with Crippen molar-refractivity contribution in [2.45, 2.75) is 0 Å². The van der Waals surface area contributed by atoms with Gasteiger partial charge < -0.3 is 9.84 Å². The summed E-state index contributed by atoms with van der Waals surface area (Å²) < 4.78 is 5.32. The molecule has 0 amide bonds. The molecule has 0 unspecified atom stereocenters. The van der Waals surface area contributed by atoms with Gasteiger partial charge in [-0.3, -0.25) is 20.2 Å². The highest BCUT2D eigenvalue weighted by Gasteiger charge is 2.14. The molecule has 8 heteroatoms. The average Bonchev–Trinajstić information content (AvgIpc) is 2.41. The Morgan fingerprint density at radius 3 is 2.05 bits per heavy atom. The molecule has 0 saturated carbocycles. The van der Waals surface area contributed by atoms with E-state index in [9.17, 15) is 25.3 Å². The molecule has 2 rings (SSSR count). The largest absolute Gasteiger partial charge is 0.502 e. The molecule has 2 aromatic carbocycles. The summed E-state index contributed by atoms with van der Waals surface area (Å²) in [6, 6.07) is 8.81. The Morgan fingerprint density at radius 1 is 0.900 bits per heavy atom. The van der Waals surface area contributed by atoms with Gasteiger partial charge in [-0.15, -0.1) is 0 Å². The van der Waals surface area contributed by atoms with Gasteiger partial charge in [-0.2, -0.15) is 0 Å². The predicted molar refractivity (Wildman–Crippen MR) is 67.9 cm³/mol. The Bertz CT molecular complexity index is 668. The van der Waals surface area contributed by atoms with Crippen molar-refractivity contribution in [1.29, 1.82) is 0 Å². The zero-order valence-corrected chi connectivity index (χ0v) is 9.92. The summed E-state index contributed by atoms with van der Waals surface area (Å²) >= 11 is 0. The third-order valence-electron chi connectivity index (χ3n) is 2.43. The first-order chi connectivity index (χ1) is 9.47. The van der Waals surface area contributed by atoms with E-state index in [2.05, 4.69) is 0 Å². The molecule has 0 atom stereocenters. The third-order valence-corrected chi connectivity index (χ3v) is 2.43. The summed E-state index contributed by atoms with van der Waals surface area (Å²) in [5.74, 6) is -0.0370. The van der Waals surface area contributed by atoms with Crippen LogP contribution in [0, 0.1) is 20.2 Å². The van der Waals surface area contributed by atoms with Gasteiger partial charge in [0.2, 0.25) is 0 Å². The fraction of sp³-hybridized carbons (Fsp3) is 0. The molecule has 0 aromatic heterocycles. The minimum atomic E-state index is -0.738. The first-order valence-corrected chi connectivity index (χ1v) is 5.37. The van der Waals surface area contributed by atoms with Gasteiger partial charge in [0.05, 0.1) is 15.9 Å². The van der Waals surface area contributed by atoms with Crippen molar-refractivity contribution in [3.63, 3.8) is 0 Å². The summed E-state index contributed by atoms with van der Waals surface area (Å²) in [6.07, 6.45) is 0. The molecule has 20 heavy (non-hydrogen) atoms. The Balaban J connectivity index is 2.23. The molecule has 0 aliphatic carbocycles. The lowest BCUT2D eigenvalue weighted by Gasteiger charge is -2.05. The van der Waals surface area contributed by atoms with E-state index in [4.69, 9.17) is 4.74 Å². The Morgan fingerprint density at radius 2 is 1.50 bits per heavy atom. The van der Waals surface area contributed by atoms with E-state index in [0.717, 1.165) is 12.1 Å². The van der Waals surface area contributed by atoms with E-state index in [-0.39, 0.29) is 17.2 Å². The van der Waals surface area contributed by atoms with Gasteiger partial charge in [0.25, 0.3) is 5.69 Å². The zero-order valence-electron chi connectivity index (χ0n) is 9.92. The Kier molecular flexibility index (Phi) is 3.47. The van der Waals surface area contributed by atoms with Crippen molar-refractivity contribution in [3.05, 3.63) is 62.7 Å². The summed E-state index contributed by atoms with van der Waals surface area (Å²) in [7, 11) is 0. The lowest BCUT2D eigenvalue weighted by atomic mass is 10.2. The average molecular weight is 276 g/mol. The van der Waals surface area contributed by atoms with Crippen molar-refractivity contribution in [1.82, 2.24) is 0 Å². The molecule has 0 aliphatic heterocycles. The first kappa shape index (κ1) is 13.3. The number of aromatic hydroxyl groups is 1. The molecule has 0 heterocycles. The van der Waals surface area contributed by atoms with Crippen LogP contribution in [0.15, 0.2) is 42.5 Å². The lowest BCUT2D eigenvalue weighted by Crippen LogP contribution is -1.91. The molecule has 2 aromatic rings. The molecule has 0 fully saturated rings. The number of ether oxygens (including phenoxy) is 1. The van der Waals surface area contributed by atoms with Crippen LogP contribution in [0.5, 0.6) is 17.2 Å². The fourth-order valence-corrected chi connectivity index (χ4v) is 1.48. The van der Waals surface area contributed by atoms with Crippen LogP contribution >= 0.6 is 0 Å². The molecule has 0 saturated heterocycles. The number of nitro benzene ring substituents is 2. The number of non-ortho nitro benzene ring substituents is 1. The van der Waals surface area contributed by atoms with Gasteiger partial charge >= 0.3 is 5.69 Å². The maximum absolute atomic E-state index is 10.7. The zero-order chi connectivity index (χ0) is 14.7. The molecule has 102 valence electrons. The smallest absolute Gasteiger partial charge is 0.314 e. The number of rotatable bonds is 4. The van der Waals surface area contributed by atoms with Crippen molar-refractivity contribution < 1.29 is 19.7 Å². The molecule has 1 N–H and O–H groups in total. The monoisotopic (exact) mass is 276 g/mol.